The summed E-state index contributed by atoms with van der Waals surface area (Å²) in [6.45, 7) is 2.96. The third-order valence-corrected chi connectivity index (χ3v) is 3.98. The quantitative estimate of drug-likeness (QED) is 0.856. The van der Waals surface area contributed by atoms with Gasteiger partial charge in [-0.05, 0) is 43.4 Å². The Morgan fingerprint density at radius 1 is 1.35 bits per heavy atom. The minimum Gasteiger partial charge on any atom is -0.389 e. The minimum absolute atomic E-state index is 0.391. The lowest BCUT2D eigenvalue weighted by Crippen LogP contribution is -2.17. The SMILES string of the molecule is CC(O)c1cccc2c1ccn2CC1CCC1. The molecule has 90 valence electrons. The van der Waals surface area contributed by atoms with Crippen LogP contribution >= 0.6 is 0 Å². The molecular weight excluding hydrogens is 210 g/mol. The van der Waals surface area contributed by atoms with Gasteiger partial charge in [-0.3, -0.25) is 0 Å². The first-order chi connectivity index (χ1) is 8.25. The van der Waals surface area contributed by atoms with Crippen LogP contribution in [0.2, 0.25) is 0 Å². The van der Waals surface area contributed by atoms with E-state index in [1.807, 2.05) is 19.1 Å². The maximum atomic E-state index is 9.76. The lowest BCUT2D eigenvalue weighted by molar-refractivity contribution is 0.201. The molecule has 1 unspecified atom stereocenters. The molecule has 1 N–H and O–H groups in total. The first-order valence-electron chi connectivity index (χ1n) is 6.51. The summed E-state index contributed by atoms with van der Waals surface area (Å²) in [5.74, 6) is 0.862. The van der Waals surface area contributed by atoms with Crippen molar-refractivity contribution in [1.82, 2.24) is 4.57 Å². The summed E-state index contributed by atoms with van der Waals surface area (Å²) in [6, 6.07) is 8.35. The summed E-state index contributed by atoms with van der Waals surface area (Å²) < 4.78 is 2.34. The van der Waals surface area contributed by atoms with Crippen LogP contribution in [0.3, 0.4) is 0 Å². The van der Waals surface area contributed by atoms with Crippen LogP contribution in [0.4, 0.5) is 0 Å². The van der Waals surface area contributed by atoms with Gasteiger partial charge in [0.05, 0.1) is 6.10 Å². The Hall–Kier alpha value is -1.28. The molecule has 2 heteroatoms. The van der Waals surface area contributed by atoms with Gasteiger partial charge in [0.2, 0.25) is 0 Å². The van der Waals surface area contributed by atoms with Gasteiger partial charge in [0, 0.05) is 23.6 Å². The summed E-state index contributed by atoms with van der Waals surface area (Å²) >= 11 is 0. The van der Waals surface area contributed by atoms with E-state index in [1.165, 1.54) is 30.2 Å². The lowest BCUT2D eigenvalue weighted by Gasteiger charge is -2.26. The first kappa shape index (κ1) is 10.8. The number of rotatable bonds is 3. The van der Waals surface area contributed by atoms with E-state index in [0.29, 0.717) is 0 Å². The van der Waals surface area contributed by atoms with Crippen molar-refractivity contribution in [2.45, 2.75) is 38.8 Å². The zero-order chi connectivity index (χ0) is 11.8. The molecule has 3 rings (SSSR count). The fourth-order valence-electron chi connectivity index (χ4n) is 2.72. The number of nitrogens with zero attached hydrogens (tertiary/aromatic N) is 1. The molecule has 1 saturated carbocycles. The maximum absolute atomic E-state index is 9.76. The van der Waals surface area contributed by atoms with Crippen LogP contribution in [0.15, 0.2) is 30.5 Å². The van der Waals surface area contributed by atoms with E-state index in [9.17, 15) is 5.11 Å². The van der Waals surface area contributed by atoms with Crippen molar-refractivity contribution in [2.75, 3.05) is 0 Å². The monoisotopic (exact) mass is 229 g/mol. The van der Waals surface area contributed by atoms with Crippen LogP contribution < -0.4 is 0 Å². The van der Waals surface area contributed by atoms with Gasteiger partial charge in [0.25, 0.3) is 0 Å². The van der Waals surface area contributed by atoms with Gasteiger partial charge < -0.3 is 9.67 Å². The zero-order valence-corrected chi connectivity index (χ0v) is 10.3. The van der Waals surface area contributed by atoms with E-state index in [-0.39, 0.29) is 0 Å². The second-order valence-electron chi connectivity index (χ2n) is 5.22. The Morgan fingerprint density at radius 2 is 2.18 bits per heavy atom. The van der Waals surface area contributed by atoms with Crippen LogP contribution in [0.1, 0.15) is 37.9 Å². The minimum atomic E-state index is -0.391. The molecule has 0 saturated heterocycles. The molecule has 0 radical (unpaired) electrons. The van der Waals surface area contributed by atoms with Crippen molar-refractivity contribution in [3.8, 4) is 0 Å². The van der Waals surface area contributed by atoms with Gasteiger partial charge in [-0.2, -0.15) is 0 Å². The van der Waals surface area contributed by atoms with Crippen molar-refractivity contribution < 1.29 is 5.11 Å². The highest BCUT2D eigenvalue weighted by atomic mass is 16.3. The smallest absolute Gasteiger partial charge is 0.0768 e. The largest absolute Gasteiger partial charge is 0.389 e. The van der Waals surface area contributed by atoms with E-state index in [4.69, 9.17) is 0 Å². The molecule has 1 aromatic carbocycles. The predicted molar refractivity (Wildman–Crippen MR) is 69.9 cm³/mol. The number of fused-ring (bicyclic) bond motifs is 1. The summed E-state index contributed by atoms with van der Waals surface area (Å²) in [7, 11) is 0. The van der Waals surface area contributed by atoms with Crippen LogP contribution in [-0.2, 0) is 6.54 Å². The maximum Gasteiger partial charge on any atom is 0.0768 e. The van der Waals surface area contributed by atoms with E-state index in [1.54, 1.807) is 0 Å². The molecule has 1 aliphatic rings. The van der Waals surface area contributed by atoms with Crippen molar-refractivity contribution in [1.29, 1.82) is 0 Å². The topological polar surface area (TPSA) is 25.2 Å². The summed E-state index contributed by atoms with van der Waals surface area (Å²) in [5, 5.41) is 11.0. The molecule has 1 aliphatic carbocycles. The third-order valence-electron chi connectivity index (χ3n) is 3.98. The number of benzene rings is 1. The second kappa shape index (κ2) is 4.19. The van der Waals surface area contributed by atoms with Gasteiger partial charge in [0.15, 0.2) is 0 Å². The van der Waals surface area contributed by atoms with Crippen LogP contribution in [0, 0.1) is 5.92 Å². The first-order valence-corrected chi connectivity index (χ1v) is 6.51. The Labute approximate surface area is 102 Å². The van der Waals surface area contributed by atoms with Gasteiger partial charge >= 0.3 is 0 Å². The summed E-state index contributed by atoms with van der Waals surface area (Å²) in [5.41, 5.74) is 2.30. The van der Waals surface area contributed by atoms with E-state index in [0.717, 1.165) is 18.0 Å². The number of aliphatic hydroxyl groups excluding tert-OH is 1. The molecule has 0 bridgehead atoms. The molecule has 1 heterocycles. The molecule has 2 aromatic rings. The molecule has 0 aliphatic heterocycles. The fraction of sp³-hybridized carbons (Fsp3) is 0.467. The Morgan fingerprint density at radius 3 is 2.82 bits per heavy atom. The zero-order valence-electron chi connectivity index (χ0n) is 10.3. The Bertz CT molecular complexity index is 523. The van der Waals surface area contributed by atoms with E-state index in [2.05, 4.69) is 22.9 Å². The lowest BCUT2D eigenvalue weighted by atomic mass is 9.85. The number of aliphatic hydroxyl groups is 1. The van der Waals surface area contributed by atoms with Crippen LogP contribution in [0.5, 0.6) is 0 Å². The average Bonchev–Trinajstić information content (AvgIpc) is 2.66. The summed E-state index contributed by atoms with van der Waals surface area (Å²) in [4.78, 5) is 0. The van der Waals surface area contributed by atoms with Crippen LogP contribution in [0.25, 0.3) is 10.9 Å². The molecule has 0 spiro atoms. The van der Waals surface area contributed by atoms with Gasteiger partial charge in [0.1, 0.15) is 0 Å². The Kier molecular flexibility index (Phi) is 2.67. The average molecular weight is 229 g/mol. The molecule has 17 heavy (non-hydrogen) atoms. The number of hydrogen-bond acceptors (Lipinski definition) is 1. The van der Waals surface area contributed by atoms with Gasteiger partial charge in [-0.15, -0.1) is 0 Å². The standard InChI is InChI=1S/C15H19NO/c1-11(17)13-6-3-7-15-14(13)8-9-16(15)10-12-4-2-5-12/h3,6-9,11-12,17H,2,4-5,10H2,1H3. The highest BCUT2D eigenvalue weighted by molar-refractivity contribution is 5.84. The highest BCUT2D eigenvalue weighted by Gasteiger charge is 2.18. The second-order valence-corrected chi connectivity index (χ2v) is 5.22. The normalized spacial score (nSPS) is 18.2. The molecular formula is C15H19NO. The van der Waals surface area contributed by atoms with E-state index >= 15 is 0 Å². The molecule has 1 fully saturated rings. The number of aromatic nitrogens is 1. The fourth-order valence-corrected chi connectivity index (χ4v) is 2.72. The molecule has 0 amide bonds. The van der Waals surface area contributed by atoms with Crippen molar-refractivity contribution in [3.63, 3.8) is 0 Å². The highest BCUT2D eigenvalue weighted by Crippen LogP contribution is 2.31. The van der Waals surface area contributed by atoms with Crippen LogP contribution in [-0.4, -0.2) is 9.67 Å². The van der Waals surface area contributed by atoms with Crippen molar-refractivity contribution in [2.24, 2.45) is 5.92 Å². The summed E-state index contributed by atoms with van der Waals surface area (Å²) in [6.07, 6.45) is 5.90. The van der Waals surface area contributed by atoms with Crippen molar-refractivity contribution in [3.05, 3.63) is 36.0 Å². The molecule has 1 atom stereocenters. The van der Waals surface area contributed by atoms with Gasteiger partial charge in [-0.25, -0.2) is 0 Å². The van der Waals surface area contributed by atoms with Gasteiger partial charge in [-0.1, -0.05) is 18.6 Å². The predicted octanol–water partition coefficient (Wildman–Crippen LogP) is 3.49. The van der Waals surface area contributed by atoms with E-state index < -0.39 is 6.10 Å². The van der Waals surface area contributed by atoms with Crippen molar-refractivity contribution >= 4 is 10.9 Å². The third kappa shape index (κ3) is 1.87. The number of hydrogen-bond donors (Lipinski definition) is 1. The Balaban J connectivity index is 2.00. The molecule has 1 aromatic heterocycles. The molecule has 2 nitrogen and oxygen atoms in total.